The highest BCUT2D eigenvalue weighted by Gasteiger charge is 1.82. The molecule has 0 atom stereocenters. The van der Waals surface area contributed by atoms with Gasteiger partial charge in [0.2, 0.25) is 0 Å². The van der Waals surface area contributed by atoms with Gasteiger partial charge in [0.25, 0.3) is 0 Å². The summed E-state index contributed by atoms with van der Waals surface area (Å²) in [5, 5.41) is 8.03. The first-order valence-electron chi connectivity index (χ1n) is 2.14. The number of hydrogen-bond donors (Lipinski definition) is 0. The Kier molecular flexibility index (Phi) is 2.99. The van der Waals surface area contributed by atoms with E-state index in [4.69, 9.17) is 5.26 Å². The maximum Gasteiger partial charge on any atom is 0.134 e. The molecule has 0 aliphatic heterocycles. The number of nitriles is 1. The molecule has 9 heavy (non-hydrogen) atoms. The van der Waals surface area contributed by atoms with E-state index in [9.17, 15) is 4.39 Å². The average molecular weight is 124 g/mol. The van der Waals surface area contributed by atoms with Crippen LogP contribution in [0, 0.1) is 11.3 Å². The lowest BCUT2D eigenvalue weighted by Gasteiger charge is -1.79. The second-order valence-electron chi connectivity index (χ2n) is 1.26. The van der Waals surface area contributed by atoms with Gasteiger partial charge in [-0.15, -0.1) is 0 Å². The molecule has 0 aromatic carbocycles. The summed E-state index contributed by atoms with van der Waals surface area (Å²) < 4.78 is 11.7. The third-order valence-electron chi connectivity index (χ3n) is 0.490. The van der Waals surface area contributed by atoms with E-state index in [0.717, 1.165) is 6.21 Å². The smallest absolute Gasteiger partial charge is 0.134 e. The van der Waals surface area contributed by atoms with Crippen molar-refractivity contribution in [1.82, 2.24) is 0 Å². The zero-order chi connectivity index (χ0) is 7.28. The molecule has 2 nitrogen and oxygen atoms in total. The van der Waals surface area contributed by atoms with Crippen molar-refractivity contribution in [2.75, 3.05) is 0 Å². The zero-order valence-corrected chi connectivity index (χ0v) is 4.76. The van der Waals surface area contributed by atoms with Gasteiger partial charge in [0.05, 0.1) is 6.21 Å². The van der Waals surface area contributed by atoms with E-state index in [1.807, 2.05) is 0 Å². The minimum absolute atomic E-state index is 0.0335. The van der Waals surface area contributed by atoms with E-state index in [2.05, 4.69) is 18.2 Å². The summed E-state index contributed by atoms with van der Waals surface area (Å²) in [7, 11) is 0. The van der Waals surface area contributed by atoms with E-state index >= 15 is 0 Å². The van der Waals surface area contributed by atoms with E-state index in [0.29, 0.717) is 0 Å². The van der Waals surface area contributed by atoms with E-state index in [1.165, 1.54) is 0 Å². The van der Waals surface area contributed by atoms with Crippen molar-refractivity contribution >= 4 is 6.21 Å². The van der Waals surface area contributed by atoms with Crippen LogP contribution in [-0.4, -0.2) is 6.21 Å². The summed E-state index contributed by atoms with van der Waals surface area (Å²) in [6.07, 6.45) is 0.839. The summed E-state index contributed by atoms with van der Waals surface area (Å²) >= 11 is 0. The van der Waals surface area contributed by atoms with Gasteiger partial charge in [-0.2, -0.15) is 5.26 Å². The molecule has 0 rings (SSSR count). The molecule has 0 bridgehead atoms. The molecular weight excluding hydrogens is 119 g/mol. The zero-order valence-electron chi connectivity index (χ0n) is 4.76. The van der Waals surface area contributed by atoms with Gasteiger partial charge in [-0.25, -0.2) is 9.38 Å². The van der Waals surface area contributed by atoms with Gasteiger partial charge in [-0.05, 0) is 0 Å². The topological polar surface area (TPSA) is 36.1 Å². The highest BCUT2D eigenvalue weighted by Crippen LogP contribution is 1.90. The van der Waals surface area contributed by atoms with Crippen molar-refractivity contribution in [2.45, 2.75) is 0 Å². The normalized spacial score (nSPS) is 8.89. The number of allylic oxidation sites excluding steroid dienone is 2. The van der Waals surface area contributed by atoms with E-state index < -0.39 is 5.83 Å². The summed E-state index contributed by atoms with van der Waals surface area (Å²) in [6, 6.07) is 1.62. The van der Waals surface area contributed by atoms with Gasteiger partial charge in [0.15, 0.2) is 0 Å². The van der Waals surface area contributed by atoms with Gasteiger partial charge in [-0.3, -0.25) is 0 Å². The number of rotatable bonds is 2. The molecule has 0 spiro atoms. The first kappa shape index (κ1) is 7.57. The summed E-state index contributed by atoms with van der Waals surface area (Å²) in [6.45, 7) is 6.07. The molecule has 0 amide bonds. The summed E-state index contributed by atoms with van der Waals surface area (Å²) in [5.41, 5.74) is -0.0335. The van der Waals surface area contributed by atoms with Gasteiger partial charge < -0.3 is 0 Å². The monoisotopic (exact) mass is 124 g/mol. The van der Waals surface area contributed by atoms with Crippen LogP contribution in [0.4, 0.5) is 4.39 Å². The largest absolute Gasteiger partial charge is 0.243 e. The van der Waals surface area contributed by atoms with Gasteiger partial charge in [-0.1, -0.05) is 13.2 Å². The number of nitrogens with zero attached hydrogens (tertiary/aromatic N) is 2. The second kappa shape index (κ2) is 3.56. The maximum atomic E-state index is 11.7. The average Bonchev–Trinajstić information content (AvgIpc) is 1.83. The molecule has 46 valence electrons. The Hall–Kier alpha value is -1.43. The Morgan fingerprint density at radius 2 is 2.22 bits per heavy atom. The van der Waals surface area contributed by atoms with Crippen LogP contribution in [0.2, 0.25) is 0 Å². The second-order valence-corrected chi connectivity index (χ2v) is 1.26. The van der Waals surface area contributed by atoms with Crippen molar-refractivity contribution in [3.05, 3.63) is 24.7 Å². The molecule has 0 saturated heterocycles. The first-order chi connectivity index (χ1) is 4.16. The molecule has 0 aliphatic carbocycles. The molecule has 3 heteroatoms. The SMILES string of the molecule is C=C(F)C=NC(=C)C#N. The van der Waals surface area contributed by atoms with Crippen molar-refractivity contribution < 1.29 is 4.39 Å². The molecule has 0 saturated carbocycles. The lowest BCUT2D eigenvalue weighted by atomic mass is 10.5. The predicted octanol–water partition coefficient (Wildman–Crippen LogP) is 1.58. The lowest BCUT2D eigenvalue weighted by molar-refractivity contribution is 0.690. The van der Waals surface area contributed by atoms with Crippen molar-refractivity contribution in [2.24, 2.45) is 4.99 Å². The van der Waals surface area contributed by atoms with Crippen LogP contribution < -0.4 is 0 Å². The lowest BCUT2D eigenvalue weighted by Crippen LogP contribution is -1.72. The predicted molar refractivity (Wildman–Crippen MR) is 33.5 cm³/mol. The van der Waals surface area contributed by atoms with Crippen molar-refractivity contribution in [3.63, 3.8) is 0 Å². The summed E-state index contributed by atoms with van der Waals surface area (Å²) in [5.74, 6) is -0.689. The fraction of sp³-hybridized carbons (Fsp3) is 0. The van der Waals surface area contributed by atoms with Crippen LogP contribution in [-0.2, 0) is 0 Å². The minimum Gasteiger partial charge on any atom is -0.243 e. The molecular formula is C6H5FN2. The quantitative estimate of drug-likeness (QED) is 0.406. The molecule has 0 N–H and O–H groups in total. The molecule has 0 heterocycles. The number of aliphatic imine (C=N–C) groups is 1. The molecule has 0 aliphatic rings. The molecule has 0 aromatic rings. The molecule has 0 aromatic heterocycles. The fourth-order valence-electron chi connectivity index (χ4n) is 0.177. The third-order valence-corrected chi connectivity index (χ3v) is 0.490. The van der Waals surface area contributed by atoms with Gasteiger partial charge in [0.1, 0.15) is 17.6 Å². The number of halogens is 1. The summed E-state index contributed by atoms with van der Waals surface area (Å²) in [4.78, 5) is 3.29. The van der Waals surface area contributed by atoms with Gasteiger partial charge in [0, 0.05) is 0 Å². The van der Waals surface area contributed by atoms with Crippen LogP contribution in [0.3, 0.4) is 0 Å². The Morgan fingerprint density at radius 3 is 2.56 bits per heavy atom. The van der Waals surface area contributed by atoms with Crippen LogP contribution in [0.1, 0.15) is 0 Å². The highest BCUT2D eigenvalue weighted by molar-refractivity contribution is 5.75. The minimum atomic E-state index is -0.689. The molecule has 0 unspecified atom stereocenters. The van der Waals surface area contributed by atoms with Crippen LogP contribution >= 0.6 is 0 Å². The number of hydrogen-bond acceptors (Lipinski definition) is 2. The molecule has 0 radical (unpaired) electrons. The van der Waals surface area contributed by atoms with E-state index in [1.54, 1.807) is 6.07 Å². The highest BCUT2D eigenvalue weighted by atomic mass is 19.1. The van der Waals surface area contributed by atoms with Crippen molar-refractivity contribution in [3.8, 4) is 6.07 Å². The molecule has 0 fully saturated rings. The Balaban J connectivity index is 3.90. The van der Waals surface area contributed by atoms with Crippen LogP contribution in [0.5, 0.6) is 0 Å². The van der Waals surface area contributed by atoms with E-state index in [-0.39, 0.29) is 5.70 Å². The first-order valence-corrected chi connectivity index (χ1v) is 2.14. The van der Waals surface area contributed by atoms with Crippen LogP contribution in [0.15, 0.2) is 29.7 Å². The van der Waals surface area contributed by atoms with Gasteiger partial charge >= 0.3 is 0 Å². The maximum absolute atomic E-state index is 11.7. The Morgan fingerprint density at radius 1 is 1.67 bits per heavy atom. The Bertz CT molecular complexity index is 198. The Labute approximate surface area is 52.6 Å². The fourth-order valence-corrected chi connectivity index (χ4v) is 0.177. The van der Waals surface area contributed by atoms with Crippen molar-refractivity contribution in [1.29, 1.82) is 5.26 Å². The van der Waals surface area contributed by atoms with Crippen LogP contribution in [0.25, 0.3) is 0 Å². The third kappa shape index (κ3) is 4.42. The standard InChI is InChI=1S/C6H5FN2/c1-5(7)4-9-6(2)3-8/h4H,1-2H2.